The number of hydrogen-bond donors (Lipinski definition) is 2. The van der Waals surface area contributed by atoms with Crippen molar-refractivity contribution < 1.29 is 32.9 Å². The lowest BCUT2D eigenvalue weighted by Gasteiger charge is -2.30. The van der Waals surface area contributed by atoms with Crippen LogP contribution >= 0.6 is 7.82 Å². The van der Waals surface area contributed by atoms with Crippen molar-refractivity contribution in [1.82, 2.24) is 5.32 Å². The van der Waals surface area contributed by atoms with Crippen LogP contribution in [0.25, 0.3) is 0 Å². The Morgan fingerprint density at radius 1 is 0.437 bits per heavy atom. The molecule has 3 unspecified atom stereocenters. The van der Waals surface area contributed by atoms with Crippen molar-refractivity contribution in [2.75, 3.05) is 40.9 Å². The molecular weight excluding hydrogens is 900 g/mol. The number of nitrogens with zero attached hydrogens (tertiary/aromatic N) is 1. The van der Waals surface area contributed by atoms with Crippen LogP contribution in [0.5, 0.6) is 0 Å². The van der Waals surface area contributed by atoms with Gasteiger partial charge in [-0.05, 0) is 12.8 Å². The monoisotopic (exact) mass is 1030 g/mol. The number of carbonyl (C=O) groups is 1. The molecule has 2 N–H and O–H groups in total. The Morgan fingerprint density at radius 3 is 0.958 bits per heavy atom. The maximum atomic E-state index is 12.9. The first-order chi connectivity index (χ1) is 34.5. The molecule has 0 aromatic heterocycles. The molecule has 0 rings (SSSR count). The quantitative estimate of drug-likeness (QED) is 0.0357. The van der Waals surface area contributed by atoms with Gasteiger partial charge in [-0.25, -0.2) is 0 Å². The minimum atomic E-state index is -4.56. The largest absolute Gasteiger partial charge is 0.756 e. The van der Waals surface area contributed by atoms with Gasteiger partial charge in [-0.15, -0.1) is 0 Å². The molecule has 71 heavy (non-hydrogen) atoms. The highest BCUT2D eigenvalue weighted by Gasteiger charge is 2.24. The third-order valence-corrected chi connectivity index (χ3v) is 16.1. The molecule has 1 amide bonds. The summed E-state index contributed by atoms with van der Waals surface area (Å²) in [6.45, 7) is 4.75. The van der Waals surface area contributed by atoms with Crippen LogP contribution in [0, 0.1) is 0 Å². The molecule has 0 saturated carbocycles. The lowest BCUT2D eigenvalue weighted by atomic mass is 10.0. The van der Waals surface area contributed by atoms with Gasteiger partial charge >= 0.3 is 0 Å². The molecular formula is C62H127N2O6P. The van der Waals surface area contributed by atoms with Crippen molar-refractivity contribution in [2.24, 2.45) is 0 Å². The molecule has 0 aliphatic carbocycles. The first kappa shape index (κ1) is 70.5. The molecule has 426 valence electrons. The number of aliphatic hydroxyl groups is 1. The van der Waals surface area contributed by atoms with Gasteiger partial charge in [-0.2, -0.15) is 0 Å². The van der Waals surface area contributed by atoms with Gasteiger partial charge in [0.25, 0.3) is 7.82 Å². The summed E-state index contributed by atoms with van der Waals surface area (Å²) >= 11 is 0. The van der Waals surface area contributed by atoms with E-state index in [1.54, 1.807) is 0 Å². The summed E-state index contributed by atoms with van der Waals surface area (Å²) in [4.78, 5) is 25.4. The molecule has 0 aromatic carbocycles. The fraction of sp³-hybridized carbons (Fsp3) is 0.984. The number of unbranched alkanes of at least 4 members (excludes halogenated alkanes) is 47. The van der Waals surface area contributed by atoms with E-state index in [9.17, 15) is 19.4 Å². The molecule has 0 aromatic rings. The van der Waals surface area contributed by atoms with Gasteiger partial charge in [-0.3, -0.25) is 9.36 Å². The average Bonchev–Trinajstić information content (AvgIpc) is 3.33. The van der Waals surface area contributed by atoms with Crippen LogP contribution in [0.3, 0.4) is 0 Å². The minimum Gasteiger partial charge on any atom is -0.756 e. The zero-order valence-corrected chi connectivity index (χ0v) is 49.6. The SMILES string of the molecule is CCCCCCCCCCCCCCCCCCCCCCCCCCCCCCCCCCCCCCCCCC(=O)NC(COP(=O)([O-])OCC[N+](C)(C)C)C(O)CCCCCCCCCCCC. The van der Waals surface area contributed by atoms with Gasteiger partial charge in [-0.1, -0.05) is 322 Å². The van der Waals surface area contributed by atoms with Crippen molar-refractivity contribution in [1.29, 1.82) is 0 Å². The Morgan fingerprint density at radius 2 is 0.690 bits per heavy atom. The molecule has 0 radical (unpaired) electrons. The van der Waals surface area contributed by atoms with Gasteiger partial charge in [0.2, 0.25) is 5.91 Å². The average molecular weight is 1030 g/mol. The van der Waals surface area contributed by atoms with Crippen LogP contribution in [0.2, 0.25) is 0 Å². The number of phosphoric ester groups is 1. The van der Waals surface area contributed by atoms with Crippen molar-refractivity contribution in [3.63, 3.8) is 0 Å². The first-order valence-electron chi connectivity index (χ1n) is 31.9. The third-order valence-electron chi connectivity index (χ3n) is 15.1. The zero-order valence-electron chi connectivity index (χ0n) is 48.7. The predicted octanol–water partition coefficient (Wildman–Crippen LogP) is 19.0. The molecule has 0 spiro atoms. The van der Waals surface area contributed by atoms with Gasteiger partial charge in [0, 0.05) is 6.42 Å². The topological polar surface area (TPSA) is 108 Å². The van der Waals surface area contributed by atoms with Gasteiger partial charge in [0.15, 0.2) is 0 Å². The van der Waals surface area contributed by atoms with E-state index in [0.717, 1.165) is 38.5 Å². The fourth-order valence-electron chi connectivity index (χ4n) is 10.1. The molecule has 3 atom stereocenters. The van der Waals surface area contributed by atoms with Crippen LogP contribution in [0.4, 0.5) is 0 Å². The summed E-state index contributed by atoms with van der Waals surface area (Å²) in [5.74, 6) is -0.158. The summed E-state index contributed by atoms with van der Waals surface area (Å²) in [5.41, 5.74) is 0. The van der Waals surface area contributed by atoms with Crippen LogP contribution in [0.1, 0.15) is 341 Å². The number of likely N-dealkylation sites (N-methyl/N-ethyl adjacent to an activating group) is 1. The van der Waals surface area contributed by atoms with E-state index in [1.807, 2.05) is 21.1 Å². The van der Waals surface area contributed by atoms with Crippen LogP contribution in [-0.4, -0.2) is 68.5 Å². The molecule has 0 aliphatic heterocycles. The van der Waals surface area contributed by atoms with E-state index in [0.29, 0.717) is 23.9 Å². The first-order valence-corrected chi connectivity index (χ1v) is 33.3. The Labute approximate surface area is 444 Å². The van der Waals surface area contributed by atoms with E-state index in [-0.39, 0.29) is 19.1 Å². The second-order valence-electron chi connectivity index (χ2n) is 23.5. The maximum absolute atomic E-state index is 12.9. The number of carbonyl (C=O) groups excluding carboxylic acids is 1. The van der Waals surface area contributed by atoms with Crippen LogP contribution in [-0.2, 0) is 18.4 Å². The van der Waals surface area contributed by atoms with E-state index >= 15 is 0 Å². The summed E-state index contributed by atoms with van der Waals surface area (Å²) in [7, 11) is 1.32. The Hall–Kier alpha value is -0.500. The third kappa shape index (κ3) is 57.1. The van der Waals surface area contributed by atoms with E-state index < -0.39 is 20.0 Å². The molecule has 0 saturated heterocycles. The Kier molecular flexibility index (Phi) is 53.9. The highest BCUT2D eigenvalue weighted by atomic mass is 31.2. The van der Waals surface area contributed by atoms with Gasteiger partial charge in [0.05, 0.1) is 39.9 Å². The Bertz CT molecular complexity index is 1120. The lowest BCUT2D eigenvalue weighted by Crippen LogP contribution is -2.46. The maximum Gasteiger partial charge on any atom is 0.268 e. The van der Waals surface area contributed by atoms with Crippen molar-refractivity contribution in [3.8, 4) is 0 Å². The molecule has 0 fully saturated rings. The number of amides is 1. The smallest absolute Gasteiger partial charge is 0.268 e. The highest BCUT2D eigenvalue weighted by molar-refractivity contribution is 7.45. The molecule has 0 bridgehead atoms. The minimum absolute atomic E-state index is 0.0161. The zero-order chi connectivity index (χ0) is 52.0. The van der Waals surface area contributed by atoms with Crippen LogP contribution in [0.15, 0.2) is 0 Å². The van der Waals surface area contributed by atoms with Crippen molar-refractivity contribution in [3.05, 3.63) is 0 Å². The number of quaternary nitrogens is 1. The number of hydrogen-bond acceptors (Lipinski definition) is 6. The second-order valence-corrected chi connectivity index (χ2v) is 24.9. The standard InChI is InChI=1S/C62H127N2O6P/c1-6-8-10-12-14-16-18-19-20-21-22-23-24-25-26-27-28-29-30-31-32-33-34-35-36-37-38-39-40-41-42-43-44-45-46-48-50-52-54-56-62(66)63-60(59-70-71(67,68)69-58-57-64(3,4)5)61(65)55-53-51-49-47-17-15-13-11-9-7-2/h60-61,65H,6-59H2,1-5H3,(H-,63,66,67,68). The number of aliphatic hydroxyl groups excluding tert-OH is 1. The lowest BCUT2D eigenvalue weighted by molar-refractivity contribution is -0.870. The van der Waals surface area contributed by atoms with Crippen molar-refractivity contribution >= 4 is 13.7 Å². The summed E-state index contributed by atoms with van der Waals surface area (Å²) in [6.07, 6.45) is 66.3. The highest BCUT2D eigenvalue weighted by Crippen LogP contribution is 2.38. The summed E-state index contributed by atoms with van der Waals surface area (Å²) in [6, 6.07) is -0.794. The number of nitrogens with one attached hydrogen (secondary N) is 1. The normalized spacial score (nSPS) is 13.7. The van der Waals surface area contributed by atoms with Gasteiger partial charge < -0.3 is 28.8 Å². The Balaban J connectivity index is 3.74. The molecule has 0 aliphatic rings. The van der Waals surface area contributed by atoms with Crippen molar-refractivity contribution in [2.45, 2.75) is 353 Å². The molecule has 0 heterocycles. The summed E-state index contributed by atoms with van der Waals surface area (Å²) < 4.78 is 23.3. The number of phosphoric acid groups is 1. The number of rotatable bonds is 60. The fourth-order valence-corrected chi connectivity index (χ4v) is 10.8. The predicted molar refractivity (Wildman–Crippen MR) is 307 cm³/mol. The van der Waals surface area contributed by atoms with Crippen LogP contribution < -0.4 is 10.2 Å². The second kappa shape index (κ2) is 54.3. The van der Waals surface area contributed by atoms with E-state index in [2.05, 4.69) is 19.2 Å². The molecule has 9 heteroatoms. The van der Waals surface area contributed by atoms with E-state index in [1.165, 1.54) is 276 Å². The van der Waals surface area contributed by atoms with E-state index in [4.69, 9.17) is 9.05 Å². The van der Waals surface area contributed by atoms with Gasteiger partial charge in [0.1, 0.15) is 13.2 Å². The molecule has 8 nitrogen and oxygen atoms in total. The summed E-state index contributed by atoms with van der Waals surface area (Å²) in [5, 5.41) is 13.9.